The average molecular weight is 321 g/mol. The van der Waals surface area contributed by atoms with E-state index in [9.17, 15) is 0 Å². The molecule has 0 unspecified atom stereocenters. The highest BCUT2D eigenvalue weighted by molar-refractivity contribution is 7.97. The average Bonchev–Trinajstić information content (AvgIpc) is 2.50. The van der Waals surface area contributed by atoms with Gasteiger partial charge in [-0.25, -0.2) is 0 Å². The fourth-order valence-corrected chi connectivity index (χ4v) is 3.37. The van der Waals surface area contributed by atoms with E-state index in [-0.39, 0.29) is 5.84 Å². The molecule has 3 N–H and O–H groups in total. The van der Waals surface area contributed by atoms with Gasteiger partial charge in [-0.15, -0.1) is 0 Å². The number of amidine groups is 1. The molecule has 0 saturated heterocycles. The Kier molecular flexibility index (Phi) is 5.53. The Morgan fingerprint density at radius 2 is 1.90 bits per heavy atom. The number of halogens is 1. The normalized spacial score (nSPS) is 11.6. The molecule has 0 bridgehead atoms. The zero-order valence-electron chi connectivity index (χ0n) is 11.7. The van der Waals surface area contributed by atoms with Crippen LogP contribution in [0.15, 0.2) is 47.6 Å². The molecule has 0 aliphatic heterocycles. The molecular formula is C16H17ClN2OS. The van der Waals surface area contributed by atoms with Crippen molar-refractivity contribution in [1.82, 2.24) is 0 Å². The van der Waals surface area contributed by atoms with Crippen LogP contribution in [0.5, 0.6) is 0 Å². The largest absolute Gasteiger partial charge is 0.409 e. The van der Waals surface area contributed by atoms with Crippen LogP contribution in [0, 0.1) is 6.92 Å². The Morgan fingerprint density at radius 1 is 1.19 bits per heavy atom. The Labute approximate surface area is 133 Å². The number of benzene rings is 2. The fraction of sp³-hybridized carbons (Fsp3) is 0.188. The third-order valence-electron chi connectivity index (χ3n) is 3.23. The summed E-state index contributed by atoms with van der Waals surface area (Å²) in [6.45, 7) is 2.12. The standard InChI is InChI=1S/C16H17ClN2OS/c1-11-4-2-3-5-13(11)9-21-10-14-7-6-12(8-15(14)17)16(18)19-20/h2-8,20H,9-10H2,1H3,(H2,18,19). The van der Waals surface area contributed by atoms with Gasteiger partial charge in [0.1, 0.15) is 0 Å². The molecule has 0 heterocycles. The summed E-state index contributed by atoms with van der Waals surface area (Å²) < 4.78 is 0. The van der Waals surface area contributed by atoms with Crippen molar-refractivity contribution in [3.05, 3.63) is 69.7 Å². The number of rotatable bonds is 5. The highest BCUT2D eigenvalue weighted by atomic mass is 35.5. The molecular weight excluding hydrogens is 304 g/mol. The number of hydrogen-bond donors (Lipinski definition) is 2. The maximum absolute atomic E-state index is 8.66. The number of nitrogens with two attached hydrogens (primary N) is 1. The molecule has 0 aliphatic rings. The van der Waals surface area contributed by atoms with Gasteiger partial charge in [0.25, 0.3) is 0 Å². The van der Waals surface area contributed by atoms with Crippen LogP contribution in [0.1, 0.15) is 22.3 Å². The molecule has 0 radical (unpaired) electrons. The maximum Gasteiger partial charge on any atom is 0.170 e. The van der Waals surface area contributed by atoms with Gasteiger partial charge in [0.15, 0.2) is 5.84 Å². The Morgan fingerprint density at radius 3 is 2.57 bits per heavy atom. The summed E-state index contributed by atoms with van der Waals surface area (Å²) in [5.41, 5.74) is 9.85. The molecule has 5 heteroatoms. The van der Waals surface area contributed by atoms with Gasteiger partial charge >= 0.3 is 0 Å². The van der Waals surface area contributed by atoms with Gasteiger partial charge in [-0.05, 0) is 29.7 Å². The predicted octanol–water partition coefficient (Wildman–Crippen LogP) is 4.18. The molecule has 0 fully saturated rings. The van der Waals surface area contributed by atoms with Gasteiger partial charge in [-0.3, -0.25) is 0 Å². The van der Waals surface area contributed by atoms with Crippen molar-refractivity contribution in [2.75, 3.05) is 0 Å². The molecule has 2 rings (SSSR count). The van der Waals surface area contributed by atoms with Gasteiger partial charge in [0.2, 0.25) is 0 Å². The van der Waals surface area contributed by atoms with E-state index in [1.54, 1.807) is 6.07 Å². The van der Waals surface area contributed by atoms with Crippen molar-refractivity contribution < 1.29 is 5.21 Å². The molecule has 0 aliphatic carbocycles. The molecule has 0 aromatic heterocycles. The lowest BCUT2D eigenvalue weighted by Gasteiger charge is -2.08. The first-order chi connectivity index (χ1) is 10.1. The van der Waals surface area contributed by atoms with E-state index in [4.69, 9.17) is 22.5 Å². The molecule has 0 atom stereocenters. The molecule has 2 aromatic rings. The Balaban J connectivity index is 1.99. The van der Waals surface area contributed by atoms with Crippen molar-refractivity contribution in [3.63, 3.8) is 0 Å². The first-order valence-electron chi connectivity index (χ1n) is 6.50. The summed E-state index contributed by atoms with van der Waals surface area (Å²) >= 11 is 8.05. The Hall–Kier alpha value is -1.65. The van der Waals surface area contributed by atoms with Crippen molar-refractivity contribution in [2.45, 2.75) is 18.4 Å². The van der Waals surface area contributed by atoms with Crippen LogP contribution < -0.4 is 5.73 Å². The van der Waals surface area contributed by atoms with Crippen molar-refractivity contribution in [3.8, 4) is 0 Å². The number of thioether (sulfide) groups is 1. The minimum atomic E-state index is 0.0658. The third-order valence-corrected chi connectivity index (χ3v) is 4.62. The monoisotopic (exact) mass is 320 g/mol. The molecule has 0 spiro atoms. The smallest absolute Gasteiger partial charge is 0.170 e. The van der Waals surface area contributed by atoms with Crippen LogP contribution in [-0.2, 0) is 11.5 Å². The summed E-state index contributed by atoms with van der Waals surface area (Å²) in [6, 6.07) is 13.8. The minimum Gasteiger partial charge on any atom is -0.409 e. The third kappa shape index (κ3) is 4.16. The minimum absolute atomic E-state index is 0.0658. The molecule has 110 valence electrons. The lowest BCUT2D eigenvalue weighted by Crippen LogP contribution is -2.12. The second kappa shape index (κ2) is 7.38. The van der Waals surface area contributed by atoms with E-state index in [1.165, 1.54) is 11.1 Å². The molecule has 21 heavy (non-hydrogen) atoms. The fourth-order valence-electron chi connectivity index (χ4n) is 1.92. The van der Waals surface area contributed by atoms with Crippen LogP contribution in [-0.4, -0.2) is 11.0 Å². The van der Waals surface area contributed by atoms with Crippen LogP contribution in [0.25, 0.3) is 0 Å². The second-order valence-electron chi connectivity index (χ2n) is 4.71. The number of aryl methyl sites for hydroxylation is 1. The van der Waals surface area contributed by atoms with Gasteiger partial charge in [-0.2, -0.15) is 11.8 Å². The SMILES string of the molecule is Cc1ccccc1CSCc1ccc(/C(N)=N/O)cc1Cl. The van der Waals surface area contributed by atoms with Crippen LogP contribution in [0.2, 0.25) is 5.02 Å². The van der Waals surface area contributed by atoms with Crippen LogP contribution >= 0.6 is 23.4 Å². The molecule has 0 amide bonds. The van der Waals surface area contributed by atoms with Gasteiger partial charge in [0.05, 0.1) is 0 Å². The number of nitrogens with zero attached hydrogens (tertiary/aromatic N) is 1. The first kappa shape index (κ1) is 15.7. The zero-order chi connectivity index (χ0) is 15.2. The van der Waals surface area contributed by atoms with E-state index in [0.717, 1.165) is 17.1 Å². The molecule has 3 nitrogen and oxygen atoms in total. The van der Waals surface area contributed by atoms with Gasteiger partial charge in [0, 0.05) is 22.1 Å². The highest BCUT2D eigenvalue weighted by Crippen LogP contribution is 2.25. The molecule has 0 saturated carbocycles. The quantitative estimate of drug-likeness (QED) is 0.376. The van der Waals surface area contributed by atoms with E-state index < -0.39 is 0 Å². The predicted molar refractivity (Wildman–Crippen MR) is 90.1 cm³/mol. The van der Waals surface area contributed by atoms with Crippen molar-refractivity contribution >= 4 is 29.2 Å². The lowest BCUT2D eigenvalue weighted by molar-refractivity contribution is 0.318. The summed E-state index contributed by atoms with van der Waals surface area (Å²) in [4.78, 5) is 0. The van der Waals surface area contributed by atoms with E-state index in [1.807, 2.05) is 30.0 Å². The Bertz CT molecular complexity index is 658. The topological polar surface area (TPSA) is 58.6 Å². The van der Waals surface area contributed by atoms with Crippen LogP contribution in [0.3, 0.4) is 0 Å². The number of hydrogen-bond acceptors (Lipinski definition) is 3. The lowest BCUT2D eigenvalue weighted by atomic mass is 10.1. The highest BCUT2D eigenvalue weighted by Gasteiger charge is 2.06. The number of oxime groups is 1. The van der Waals surface area contributed by atoms with Crippen molar-refractivity contribution in [1.29, 1.82) is 0 Å². The van der Waals surface area contributed by atoms with E-state index >= 15 is 0 Å². The molecule has 2 aromatic carbocycles. The van der Waals surface area contributed by atoms with Crippen molar-refractivity contribution in [2.24, 2.45) is 10.9 Å². The van der Waals surface area contributed by atoms with E-state index in [0.29, 0.717) is 10.6 Å². The summed E-state index contributed by atoms with van der Waals surface area (Å²) in [7, 11) is 0. The summed E-state index contributed by atoms with van der Waals surface area (Å²) in [5, 5.41) is 12.3. The second-order valence-corrected chi connectivity index (χ2v) is 6.10. The zero-order valence-corrected chi connectivity index (χ0v) is 13.3. The van der Waals surface area contributed by atoms with Crippen LogP contribution in [0.4, 0.5) is 0 Å². The van der Waals surface area contributed by atoms with Gasteiger partial charge < -0.3 is 10.9 Å². The van der Waals surface area contributed by atoms with Gasteiger partial charge in [-0.1, -0.05) is 53.2 Å². The van der Waals surface area contributed by atoms with E-state index in [2.05, 4.69) is 30.3 Å². The summed E-state index contributed by atoms with van der Waals surface area (Å²) in [5.74, 6) is 1.84. The maximum atomic E-state index is 8.66. The first-order valence-corrected chi connectivity index (χ1v) is 8.03. The summed E-state index contributed by atoms with van der Waals surface area (Å²) in [6.07, 6.45) is 0.